The summed E-state index contributed by atoms with van der Waals surface area (Å²) in [5.41, 5.74) is 0. The highest BCUT2D eigenvalue weighted by Gasteiger charge is 2.34. The topological polar surface area (TPSA) is 66.8 Å². The third-order valence-corrected chi connectivity index (χ3v) is 4.93. The molecule has 0 aromatic carbocycles. The van der Waals surface area contributed by atoms with Crippen molar-refractivity contribution in [3.8, 4) is 0 Å². The first-order valence-corrected chi connectivity index (χ1v) is 9.10. The summed E-state index contributed by atoms with van der Waals surface area (Å²) in [6, 6.07) is 0. The van der Waals surface area contributed by atoms with Gasteiger partial charge in [-0.05, 0) is 57.3 Å². The number of unbranched alkanes of at least 4 members (excludes halogenated alkanes) is 2. The Morgan fingerprint density at radius 3 is 2.64 bits per heavy atom. The van der Waals surface area contributed by atoms with E-state index in [1.165, 1.54) is 12.8 Å². The predicted octanol–water partition coefficient (Wildman–Crippen LogP) is 3.44. The molecule has 0 heterocycles. The zero-order chi connectivity index (χ0) is 16.4. The molecule has 22 heavy (non-hydrogen) atoms. The minimum Gasteiger partial charge on any atom is -0.466 e. The summed E-state index contributed by atoms with van der Waals surface area (Å²) in [7, 11) is 0. The van der Waals surface area contributed by atoms with Crippen LogP contribution in [0.3, 0.4) is 0 Å². The molecule has 1 aliphatic rings. The maximum absolute atomic E-state index is 11.5. The molecule has 0 spiro atoms. The minimum atomic E-state index is -0.295. The van der Waals surface area contributed by atoms with E-state index in [9.17, 15) is 15.0 Å². The van der Waals surface area contributed by atoms with Crippen LogP contribution in [-0.4, -0.2) is 35.0 Å². The summed E-state index contributed by atoms with van der Waals surface area (Å²) in [6.07, 6.45) is 8.54. The molecule has 0 aliphatic heterocycles. The van der Waals surface area contributed by atoms with Crippen LogP contribution in [0.1, 0.15) is 78.1 Å². The monoisotopic (exact) mass is 314 g/mol. The van der Waals surface area contributed by atoms with Crippen LogP contribution >= 0.6 is 0 Å². The van der Waals surface area contributed by atoms with Gasteiger partial charge in [-0.25, -0.2) is 0 Å². The van der Waals surface area contributed by atoms with E-state index < -0.39 is 0 Å². The Kier molecular flexibility index (Phi) is 9.73. The van der Waals surface area contributed by atoms with Crippen LogP contribution in [0.2, 0.25) is 0 Å². The van der Waals surface area contributed by atoms with Gasteiger partial charge in [-0.2, -0.15) is 0 Å². The second-order valence-electron chi connectivity index (χ2n) is 6.64. The number of carbonyl (C=O) groups is 1. The molecule has 4 nitrogen and oxygen atoms in total. The van der Waals surface area contributed by atoms with Crippen molar-refractivity contribution in [3.05, 3.63) is 0 Å². The third-order valence-electron chi connectivity index (χ3n) is 4.93. The summed E-state index contributed by atoms with van der Waals surface area (Å²) in [6.45, 7) is 4.39. The highest BCUT2D eigenvalue weighted by Crippen LogP contribution is 2.38. The summed E-state index contributed by atoms with van der Waals surface area (Å²) in [5, 5.41) is 20.2. The van der Waals surface area contributed by atoms with Crippen molar-refractivity contribution in [3.63, 3.8) is 0 Å². The predicted molar refractivity (Wildman–Crippen MR) is 87.5 cm³/mol. The standard InChI is InChI=1S/C18H34O4/c1-3-5-6-7-15(19)10-8-14-9-12-17(20)16(14)11-13-18(21)22-4-2/h14-17,19-20H,3-13H2,1-2H3/t14-,15?,16-,17+/m0/s1. The molecular weight excluding hydrogens is 280 g/mol. The molecule has 1 rings (SSSR count). The van der Waals surface area contributed by atoms with Crippen LogP contribution in [0.15, 0.2) is 0 Å². The van der Waals surface area contributed by atoms with Gasteiger partial charge in [0, 0.05) is 6.42 Å². The Bertz CT molecular complexity index is 305. The van der Waals surface area contributed by atoms with E-state index in [2.05, 4.69) is 6.92 Å². The smallest absolute Gasteiger partial charge is 0.305 e. The molecule has 0 saturated heterocycles. The van der Waals surface area contributed by atoms with Gasteiger partial charge >= 0.3 is 5.97 Å². The van der Waals surface area contributed by atoms with Crippen LogP contribution in [0.5, 0.6) is 0 Å². The van der Waals surface area contributed by atoms with E-state index in [4.69, 9.17) is 4.74 Å². The van der Waals surface area contributed by atoms with Crippen molar-refractivity contribution < 1.29 is 19.7 Å². The van der Waals surface area contributed by atoms with Gasteiger partial charge < -0.3 is 14.9 Å². The van der Waals surface area contributed by atoms with E-state index >= 15 is 0 Å². The SMILES string of the molecule is CCCCCC(O)CC[C@H]1CC[C@@H](O)[C@H]1CCC(=O)OCC. The highest BCUT2D eigenvalue weighted by molar-refractivity contribution is 5.69. The lowest BCUT2D eigenvalue weighted by Gasteiger charge is -2.23. The first kappa shape index (κ1) is 19.4. The van der Waals surface area contributed by atoms with E-state index in [1.54, 1.807) is 0 Å². The number of esters is 1. The maximum atomic E-state index is 11.5. The molecule has 1 unspecified atom stereocenters. The zero-order valence-electron chi connectivity index (χ0n) is 14.3. The number of ether oxygens (including phenoxy) is 1. The number of aliphatic hydroxyl groups excluding tert-OH is 2. The van der Waals surface area contributed by atoms with Gasteiger partial charge in [0.2, 0.25) is 0 Å². The zero-order valence-corrected chi connectivity index (χ0v) is 14.3. The van der Waals surface area contributed by atoms with Gasteiger partial charge in [0.25, 0.3) is 0 Å². The van der Waals surface area contributed by atoms with Crippen LogP contribution in [0, 0.1) is 11.8 Å². The number of rotatable bonds is 11. The van der Waals surface area contributed by atoms with Gasteiger partial charge in [0.1, 0.15) is 0 Å². The van der Waals surface area contributed by atoms with Crippen LogP contribution in [-0.2, 0) is 9.53 Å². The number of carbonyl (C=O) groups excluding carboxylic acids is 1. The Morgan fingerprint density at radius 1 is 1.18 bits per heavy atom. The second-order valence-corrected chi connectivity index (χ2v) is 6.64. The first-order chi connectivity index (χ1) is 10.6. The molecular formula is C18H34O4. The molecule has 1 saturated carbocycles. The largest absolute Gasteiger partial charge is 0.466 e. The maximum Gasteiger partial charge on any atom is 0.305 e. The summed E-state index contributed by atoms with van der Waals surface area (Å²) < 4.78 is 4.96. The quantitative estimate of drug-likeness (QED) is 0.453. The molecule has 2 N–H and O–H groups in total. The lowest BCUT2D eigenvalue weighted by atomic mass is 9.86. The molecule has 130 valence electrons. The molecule has 1 aliphatic carbocycles. The average molecular weight is 314 g/mol. The summed E-state index contributed by atoms with van der Waals surface area (Å²) in [5.74, 6) is 0.456. The van der Waals surface area contributed by atoms with Crippen LogP contribution < -0.4 is 0 Å². The van der Waals surface area contributed by atoms with Crippen LogP contribution in [0.25, 0.3) is 0 Å². The minimum absolute atomic E-state index is 0.167. The van der Waals surface area contributed by atoms with Crippen molar-refractivity contribution in [2.24, 2.45) is 11.8 Å². The molecule has 0 bridgehead atoms. The van der Waals surface area contributed by atoms with Gasteiger partial charge in [-0.1, -0.05) is 26.2 Å². The van der Waals surface area contributed by atoms with Gasteiger partial charge in [0.05, 0.1) is 18.8 Å². The summed E-state index contributed by atoms with van der Waals surface area (Å²) >= 11 is 0. The lowest BCUT2D eigenvalue weighted by molar-refractivity contribution is -0.143. The van der Waals surface area contributed by atoms with Crippen molar-refractivity contribution in [1.29, 1.82) is 0 Å². The van der Waals surface area contributed by atoms with Crippen molar-refractivity contribution in [2.45, 2.75) is 90.3 Å². The molecule has 4 atom stereocenters. The first-order valence-electron chi connectivity index (χ1n) is 9.10. The fourth-order valence-electron chi connectivity index (χ4n) is 3.61. The van der Waals surface area contributed by atoms with E-state index in [-0.39, 0.29) is 24.1 Å². The molecule has 0 radical (unpaired) electrons. The van der Waals surface area contributed by atoms with E-state index in [1.807, 2.05) is 6.92 Å². The lowest BCUT2D eigenvalue weighted by Crippen LogP contribution is -2.22. The number of hydrogen-bond donors (Lipinski definition) is 2. The molecule has 0 aromatic heterocycles. The molecule has 4 heteroatoms. The van der Waals surface area contributed by atoms with Crippen molar-refractivity contribution in [2.75, 3.05) is 6.61 Å². The van der Waals surface area contributed by atoms with E-state index in [0.717, 1.165) is 38.5 Å². The van der Waals surface area contributed by atoms with Crippen LogP contribution in [0.4, 0.5) is 0 Å². The fraction of sp³-hybridized carbons (Fsp3) is 0.944. The Labute approximate surface area is 135 Å². The molecule has 0 aromatic rings. The summed E-state index contributed by atoms with van der Waals surface area (Å²) in [4.78, 5) is 11.5. The Hall–Kier alpha value is -0.610. The Balaban J connectivity index is 2.29. The van der Waals surface area contributed by atoms with Crippen molar-refractivity contribution >= 4 is 5.97 Å². The highest BCUT2D eigenvalue weighted by atomic mass is 16.5. The number of aliphatic hydroxyl groups is 2. The number of hydrogen-bond acceptors (Lipinski definition) is 4. The second kappa shape index (κ2) is 11.0. The molecule has 1 fully saturated rings. The van der Waals surface area contributed by atoms with Gasteiger partial charge in [0.15, 0.2) is 0 Å². The average Bonchev–Trinajstić information content (AvgIpc) is 2.84. The van der Waals surface area contributed by atoms with Gasteiger partial charge in [-0.15, -0.1) is 0 Å². The van der Waals surface area contributed by atoms with E-state index in [0.29, 0.717) is 25.4 Å². The molecule has 0 amide bonds. The normalized spacial score (nSPS) is 26.1. The third kappa shape index (κ3) is 7.10. The van der Waals surface area contributed by atoms with Gasteiger partial charge in [-0.3, -0.25) is 4.79 Å². The fourth-order valence-corrected chi connectivity index (χ4v) is 3.61. The van der Waals surface area contributed by atoms with Crippen molar-refractivity contribution in [1.82, 2.24) is 0 Å². The Morgan fingerprint density at radius 2 is 1.95 bits per heavy atom.